The highest BCUT2D eigenvalue weighted by atomic mass is 16.5. The van der Waals surface area contributed by atoms with E-state index in [-0.39, 0.29) is 11.9 Å². The van der Waals surface area contributed by atoms with Crippen LogP contribution in [0.25, 0.3) is 16.9 Å². The van der Waals surface area contributed by atoms with Crippen molar-refractivity contribution in [3.63, 3.8) is 0 Å². The second kappa shape index (κ2) is 10.8. The van der Waals surface area contributed by atoms with Crippen LogP contribution in [0.15, 0.2) is 60.8 Å². The van der Waals surface area contributed by atoms with Crippen LogP contribution >= 0.6 is 0 Å². The molecule has 0 bridgehead atoms. The number of ether oxygens (including phenoxy) is 2. The van der Waals surface area contributed by atoms with Gasteiger partial charge in [0.15, 0.2) is 11.5 Å². The summed E-state index contributed by atoms with van der Waals surface area (Å²) in [5, 5.41) is 3.00. The monoisotopic (exact) mass is 513 g/mol. The van der Waals surface area contributed by atoms with E-state index >= 15 is 0 Å². The van der Waals surface area contributed by atoms with Gasteiger partial charge in [0.2, 0.25) is 5.91 Å². The van der Waals surface area contributed by atoms with Gasteiger partial charge in [-0.25, -0.2) is 4.98 Å². The second-order valence-electron chi connectivity index (χ2n) is 9.98. The molecule has 0 saturated carbocycles. The minimum Gasteiger partial charge on any atom is -0.493 e. The number of likely N-dealkylation sites (N-methyl/N-ethyl adjacent to an activating group) is 1. The van der Waals surface area contributed by atoms with Crippen molar-refractivity contribution in [3.8, 4) is 22.8 Å². The lowest BCUT2D eigenvalue weighted by molar-refractivity contribution is -0.119. The molecule has 3 heterocycles. The van der Waals surface area contributed by atoms with Crippen molar-refractivity contribution in [3.05, 3.63) is 77.6 Å². The van der Waals surface area contributed by atoms with Crippen LogP contribution < -0.4 is 14.8 Å². The Morgan fingerprint density at radius 3 is 2.45 bits per heavy atom. The van der Waals surface area contributed by atoms with Gasteiger partial charge in [0, 0.05) is 37.1 Å². The van der Waals surface area contributed by atoms with E-state index in [1.807, 2.05) is 68.4 Å². The van der Waals surface area contributed by atoms with E-state index < -0.39 is 0 Å². The zero-order valence-corrected chi connectivity index (χ0v) is 22.7. The maximum Gasteiger partial charge on any atom is 0.241 e. The summed E-state index contributed by atoms with van der Waals surface area (Å²) in [6, 6.07) is 18.0. The van der Waals surface area contributed by atoms with Crippen LogP contribution in [0.2, 0.25) is 0 Å². The predicted octanol–water partition coefficient (Wildman–Crippen LogP) is 4.47. The van der Waals surface area contributed by atoms with Crippen molar-refractivity contribution < 1.29 is 14.3 Å². The Bertz CT molecular complexity index is 1440. The quantitative estimate of drug-likeness (QED) is 0.375. The molecular weight excluding hydrogens is 478 g/mol. The number of fused-ring (bicyclic) bond motifs is 2. The SMILES string of the molecule is COc1cc2c(cc1OC)CN(Cc1c(-c3ccc(NC(=O)C(C)N(C)C)cc3)nc3ccccn13)CC2. The van der Waals surface area contributed by atoms with Crippen molar-refractivity contribution in [1.82, 2.24) is 19.2 Å². The van der Waals surface area contributed by atoms with Crippen LogP contribution in [0.1, 0.15) is 23.7 Å². The average Bonchev–Trinajstić information content (AvgIpc) is 3.30. The number of carbonyl (C=O) groups is 1. The summed E-state index contributed by atoms with van der Waals surface area (Å²) in [6.45, 7) is 4.41. The van der Waals surface area contributed by atoms with Gasteiger partial charge < -0.3 is 19.2 Å². The lowest BCUT2D eigenvalue weighted by Crippen LogP contribution is -2.37. The third kappa shape index (κ3) is 5.10. The molecule has 1 amide bonds. The highest BCUT2D eigenvalue weighted by molar-refractivity contribution is 5.94. The molecule has 1 atom stereocenters. The molecule has 8 heteroatoms. The first-order chi connectivity index (χ1) is 18.4. The first kappa shape index (κ1) is 25.8. The molecule has 0 radical (unpaired) electrons. The fraction of sp³-hybridized carbons (Fsp3) is 0.333. The van der Waals surface area contributed by atoms with Gasteiger partial charge in [-0.1, -0.05) is 18.2 Å². The van der Waals surface area contributed by atoms with Crippen LogP contribution in [0.5, 0.6) is 11.5 Å². The molecule has 8 nitrogen and oxygen atoms in total. The Balaban J connectivity index is 1.41. The summed E-state index contributed by atoms with van der Waals surface area (Å²) in [6.07, 6.45) is 3.02. The van der Waals surface area contributed by atoms with Gasteiger partial charge in [-0.05, 0) is 75.0 Å². The number of benzene rings is 2. The van der Waals surface area contributed by atoms with Crippen molar-refractivity contribution in [1.29, 1.82) is 0 Å². The fourth-order valence-electron chi connectivity index (χ4n) is 4.91. The average molecular weight is 514 g/mol. The molecule has 2 aromatic heterocycles. The standard InChI is InChI=1S/C30H35N5O3/c1-20(33(2)3)30(36)31-24-11-9-21(10-12-24)29-25(35-14-7-6-8-28(35)32-29)19-34-15-13-22-16-26(37-4)27(38-5)17-23(22)18-34/h6-12,14,16-17,20H,13,15,18-19H2,1-5H3,(H,31,36). The molecule has 1 aliphatic heterocycles. The number of nitrogens with zero attached hydrogens (tertiary/aromatic N) is 4. The zero-order chi connectivity index (χ0) is 26.8. The summed E-state index contributed by atoms with van der Waals surface area (Å²) >= 11 is 0. The van der Waals surface area contributed by atoms with E-state index in [1.165, 1.54) is 11.1 Å². The number of methoxy groups -OCH3 is 2. The lowest BCUT2D eigenvalue weighted by atomic mass is 9.98. The minimum absolute atomic E-state index is 0.0317. The van der Waals surface area contributed by atoms with Crippen LogP contribution in [0.3, 0.4) is 0 Å². The van der Waals surface area contributed by atoms with Gasteiger partial charge in [-0.15, -0.1) is 0 Å². The summed E-state index contributed by atoms with van der Waals surface area (Å²) in [5.41, 5.74) is 7.37. The number of carbonyl (C=O) groups excluding carboxylic acids is 1. The normalized spacial score (nSPS) is 14.4. The molecule has 38 heavy (non-hydrogen) atoms. The Labute approximate surface area is 223 Å². The van der Waals surface area contributed by atoms with E-state index in [0.29, 0.717) is 0 Å². The van der Waals surface area contributed by atoms with E-state index in [9.17, 15) is 4.79 Å². The first-order valence-electron chi connectivity index (χ1n) is 12.9. The molecule has 198 valence electrons. The summed E-state index contributed by atoms with van der Waals surface area (Å²) in [7, 11) is 7.14. The molecular formula is C30H35N5O3. The van der Waals surface area contributed by atoms with Gasteiger partial charge >= 0.3 is 0 Å². The maximum atomic E-state index is 12.5. The summed E-state index contributed by atoms with van der Waals surface area (Å²) in [4.78, 5) is 21.8. The zero-order valence-electron chi connectivity index (χ0n) is 22.7. The Morgan fingerprint density at radius 1 is 1.05 bits per heavy atom. The number of aromatic nitrogens is 2. The number of nitrogens with one attached hydrogen (secondary N) is 1. The van der Waals surface area contributed by atoms with Crippen molar-refractivity contribution in [2.75, 3.05) is 40.2 Å². The van der Waals surface area contributed by atoms with E-state index in [0.717, 1.165) is 65.8 Å². The topological polar surface area (TPSA) is 71.3 Å². The third-order valence-corrected chi connectivity index (χ3v) is 7.38. The second-order valence-corrected chi connectivity index (χ2v) is 9.98. The molecule has 0 saturated heterocycles. The molecule has 0 spiro atoms. The number of rotatable bonds is 8. The van der Waals surface area contributed by atoms with Gasteiger partial charge in [-0.2, -0.15) is 0 Å². The number of imidazole rings is 1. The largest absolute Gasteiger partial charge is 0.493 e. The molecule has 1 aliphatic rings. The summed E-state index contributed by atoms with van der Waals surface area (Å²) in [5.74, 6) is 1.51. The number of hydrogen-bond donors (Lipinski definition) is 1. The Kier molecular flexibility index (Phi) is 7.35. The predicted molar refractivity (Wildman–Crippen MR) is 150 cm³/mol. The van der Waals surface area contributed by atoms with E-state index in [1.54, 1.807) is 14.2 Å². The van der Waals surface area contributed by atoms with Gasteiger partial charge in [-0.3, -0.25) is 14.6 Å². The van der Waals surface area contributed by atoms with Crippen molar-refractivity contribution in [2.24, 2.45) is 0 Å². The number of hydrogen-bond acceptors (Lipinski definition) is 6. The molecule has 0 fully saturated rings. The molecule has 1 unspecified atom stereocenters. The minimum atomic E-state index is -0.213. The van der Waals surface area contributed by atoms with Gasteiger partial charge in [0.1, 0.15) is 5.65 Å². The van der Waals surface area contributed by atoms with Crippen molar-refractivity contribution in [2.45, 2.75) is 32.5 Å². The smallest absolute Gasteiger partial charge is 0.241 e. The van der Waals surface area contributed by atoms with Crippen LogP contribution in [0.4, 0.5) is 5.69 Å². The third-order valence-electron chi connectivity index (χ3n) is 7.38. The Morgan fingerprint density at radius 2 is 1.76 bits per heavy atom. The molecule has 0 aliphatic carbocycles. The first-order valence-corrected chi connectivity index (χ1v) is 12.9. The number of amides is 1. The molecule has 1 N–H and O–H groups in total. The van der Waals surface area contributed by atoms with Gasteiger partial charge in [0.25, 0.3) is 0 Å². The lowest BCUT2D eigenvalue weighted by Gasteiger charge is -2.29. The summed E-state index contributed by atoms with van der Waals surface area (Å²) < 4.78 is 13.2. The number of pyridine rings is 1. The van der Waals surface area contributed by atoms with E-state index in [2.05, 4.69) is 32.9 Å². The van der Waals surface area contributed by atoms with E-state index in [4.69, 9.17) is 14.5 Å². The highest BCUT2D eigenvalue weighted by Gasteiger charge is 2.23. The Hall–Kier alpha value is -3.88. The van der Waals surface area contributed by atoms with Crippen molar-refractivity contribution >= 4 is 17.2 Å². The maximum absolute atomic E-state index is 12.5. The highest BCUT2D eigenvalue weighted by Crippen LogP contribution is 2.34. The van der Waals surface area contributed by atoms with Crippen LogP contribution in [-0.2, 0) is 24.3 Å². The van der Waals surface area contributed by atoms with Gasteiger partial charge in [0.05, 0.1) is 31.6 Å². The van der Waals surface area contributed by atoms with Crippen LogP contribution in [-0.4, -0.2) is 66.0 Å². The van der Waals surface area contributed by atoms with Crippen LogP contribution in [0, 0.1) is 0 Å². The molecule has 2 aromatic carbocycles. The molecule has 5 rings (SSSR count). The number of anilines is 1. The fourth-order valence-corrected chi connectivity index (χ4v) is 4.91. The molecule has 4 aromatic rings.